The lowest BCUT2D eigenvalue weighted by Gasteiger charge is -2.22. The summed E-state index contributed by atoms with van der Waals surface area (Å²) < 4.78 is 10.7. The summed E-state index contributed by atoms with van der Waals surface area (Å²) in [5.41, 5.74) is 1.66. The Morgan fingerprint density at radius 2 is 1.78 bits per heavy atom. The van der Waals surface area contributed by atoms with E-state index >= 15 is 0 Å². The van der Waals surface area contributed by atoms with E-state index < -0.39 is 0 Å². The Balaban J connectivity index is 2.19. The van der Waals surface area contributed by atoms with E-state index in [0.717, 1.165) is 35.9 Å². The van der Waals surface area contributed by atoms with Gasteiger partial charge in [0, 0.05) is 25.7 Å². The fourth-order valence-corrected chi connectivity index (χ4v) is 3.85. The molecule has 2 rings (SSSR count). The smallest absolute Gasteiger partial charge is 0.265 e. The lowest BCUT2D eigenvalue weighted by Crippen LogP contribution is -2.36. The monoisotopic (exact) mass is 391 g/mol. The molecule has 0 aliphatic rings. The van der Waals surface area contributed by atoms with Gasteiger partial charge >= 0.3 is 0 Å². The van der Waals surface area contributed by atoms with Crippen LogP contribution in [0.3, 0.4) is 0 Å². The lowest BCUT2D eigenvalue weighted by atomic mass is 10.2. The third-order valence-corrected chi connectivity index (χ3v) is 5.81. The first-order valence-electron chi connectivity index (χ1n) is 9.12. The van der Waals surface area contributed by atoms with Gasteiger partial charge in [0.2, 0.25) is 0 Å². The third-order valence-electron chi connectivity index (χ3n) is 4.61. The van der Waals surface area contributed by atoms with Gasteiger partial charge in [0.05, 0.1) is 19.9 Å². The number of hydrogen-bond donors (Lipinski definition) is 0. The molecule has 6 nitrogen and oxygen atoms in total. The summed E-state index contributed by atoms with van der Waals surface area (Å²) in [4.78, 5) is 22.2. The fraction of sp³-hybridized carbons (Fsp3) is 0.500. The number of methoxy groups -OCH3 is 2. The molecule has 0 N–H and O–H groups in total. The fourth-order valence-electron chi connectivity index (χ4n) is 2.79. The normalized spacial score (nSPS) is 10.9. The van der Waals surface area contributed by atoms with Gasteiger partial charge in [-0.1, -0.05) is 13.8 Å². The Bertz CT molecular complexity index is 772. The predicted octanol–water partition coefficient (Wildman–Crippen LogP) is 3.55. The van der Waals surface area contributed by atoms with Crippen LogP contribution in [0.5, 0.6) is 11.5 Å². The summed E-state index contributed by atoms with van der Waals surface area (Å²) in [6, 6.07) is 5.66. The molecule has 1 amide bonds. The number of thiazole rings is 1. The molecule has 0 aliphatic heterocycles. The van der Waals surface area contributed by atoms with Crippen LogP contribution in [0.4, 0.5) is 0 Å². The quantitative estimate of drug-likeness (QED) is 0.654. The van der Waals surface area contributed by atoms with Crippen LogP contribution in [0.2, 0.25) is 0 Å². The molecule has 0 saturated heterocycles. The van der Waals surface area contributed by atoms with Crippen molar-refractivity contribution in [3.63, 3.8) is 0 Å². The number of amides is 1. The Morgan fingerprint density at radius 3 is 2.37 bits per heavy atom. The van der Waals surface area contributed by atoms with Gasteiger partial charge in [0.15, 0.2) is 11.5 Å². The van der Waals surface area contributed by atoms with E-state index in [1.807, 2.05) is 32.2 Å². The van der Waals surface area contributed by atoms with E-state index in [1.165, 1.54) is 11.3 Å². The van der Waals surface area contributed by atoms with Crippen LogP contribution in [0.25, 0.3) is 10.6 Å². The number of hydrogen-bond acceptors (Lipinski definition) is 6. The second-order valence-electron chi connectivity index (χ2n) is 6.26. The zero-order chi connectivity index (χ0) is 20.0. The minimum Gasteiger partial charge on any atom is -0.493 e. The van der Waals surface area contributed by atoms with Gasteiger partial charge in [-0.25, -0.2) is 4.98 Å². The van der Waals surface area contributed by atoms with Gasteiger partial charge in [0.25, 0.3) is 5.91 Å². The van der Waals surface area contributed by atoms with Gasteiger partial charge in [-0.3, -0.25) is 4.79 Å². The van der Waals surface area contributed by atoms with E-state index in [0.29, 0.717) is 22.9 Å². The minimum atomic E-state index is 0.0175. The lowest BCUT2D eigenvalue weighted by molar-refractivity contribution is 0.0783. The summed E-state index contributed by atoms with van der Waals surface area (Å²) >= 11 is 1.42. The van der Waals surface area contributed by atoms with Crippen LogP contribution in [0, 0.1) is 6.92 Å². The van der Waals surface area contributed by atoms with Crippen LogP contribution in [0.15, 0.2) is 18.2 Å². The molecule has 0 atom stereocenters. The maximum atomic E-state index is 12.9. The molecule has 0 aliphatic carbocycles. The molecule has 0 spiro atoms. The van der Waals surface area contributed by atoms with Crippen molar-refractivity contribution in [1.82, 2.24) is 14.8 Å². The number of aryl methyl sites for hydroxylation is 1. The Morgan fingerprint density at radius 1 is 1.11 bits per heavy atom. The molecule has 1 aromatic carbocycles. The van der Waals surface area contributed by atoms with E-state index in [1.54, 1.807) is 19.1 Å². The molecule has 2 aromatic rings. The number of likely N-dealkylation sites (N-methyl/N-ethyl adjacent to an activating group) is 2. The molecule has 0 bridgehead atoms. The number of benzene rings is 1. The standard InChI is InChI=1S/C20H29N3O3S/c1-7-23(8-2)12-11-22(4)20(24)18-14(3)21-19(27-18)15-9-10-16(25-5)17(13-15)26-6/h9-10,13H,7-8,11-12H2,1-6H3. The maximum Gasteiger partial charge on any atom is 0.265 e. The summed E-state index contributed by atoms with van der Waals surface area (Å²) in [5.74, 6) is 1.33. The van der Waals surface area contributed by atoms with Crippen molar-refractivity contribution in [2.45, 2.75) is 20.8 Å². The van der Waals surface area contributed by atoms with Crippen molar-refractivity contribution in [2.75, 3.05) is 47.4 Å². The van der Waals surface area contributed by atoms with E-state index in [9.17, 15) is 4.79 Å². The first kappa shape index (κ1) is 21.2. The first-order valence-corrected chi connectivity index (χ1v) is 9.94. The van der Waals surface area contributed by atoms with Crippen molar-refractivity contribution in [2.24, 2.45) is 0 Å². The Hall–Kier alpha value is -2.12. The largest absolute Gasteiger partial charge is 0.493 e. The van der Waals surface area contributed by atoms with Crippen molar-refractivity contribution in [3.05, 3.63) is 28.8 Å². The second kappa shape index (κ2) is 9.71. The van der Waals surface area contributed by atoms with Crippen LogP contribution in [0.1, 0.15) is 29.2 Å². The van der Waals surface area contributed by atoms with Gasteiger partial charge < -0.3 is 19.3 Å². The molecule has 0 fully saturated rings. The average molecular weight is 392 g/mol. The summed E-state index contributed by atoms with van der Waals surface area (Å²) in [5, 5.41) is 0.800. The number of aromatic nitrogens is 1. The van der Waals surface area contributed by atoms with Gasteiger partial charge in [-0.05, 0) is 38.2 Å². The van der Waals surface area contributed by atoms with E-state index in [-0.39, 0.29) is 5.91 Å². The zero-order valence-corrected chi connectivity index (χ0v) is 17.9. The number of ether oxygens (including phenoxy) is 2. The molecule has 0 saturated carbocycles. The van der Waals surface area contributed by atoms with Crippen LogP contribution in [-0.2, 0) is 0 Å². The highest BCUT2D eigenvalue weighted by molar-refractivity contribution is 7.17. The Kier molecular flexibility index (Phi) is 7.62. The molecular weight excluding hydrogens is 362 g/mol. The average Bonchev–Trinajstić information content (AvgIpc) is 3.08. The maximum absolute atomic E-state index is 12.9. The number of rotatable bonds is 9. The van der Waals surface area contributed by atoms with Crippen molar-refractivity contribution in [3.8, 4) is 22.1 Å². The van der Waals surface area contributed by atoms with E-state index in [4.69, 9.17) is 9.47 Å². The van der Waals surface area contributed by atoms with Gasteiger partial charge in [-0.15, -0.1) is 11.3 Å². The molecule has 27 heavy (non-hydrogen) atoms. The van der Waals surface area contributed by atoms with Crippen molar-refractivity contribution < 1.29 is 14.3 Å². The molecule has 0 unspecified atom stereocenters. The van der Waals surface area contributed by atoms with Crippen molar-refractivity contribution >= 4 is 17.2 Å². The highest BCUT2D eigenvalue weighted by Gasteiger charge is 2.20. The van der Waals surface area contributed by atoms with Crippen molar-refractivity contribution in [1.29, 1.82) is 0 Å². The molecular formula is C20H29N3O3S. The molecule has 1 aromatic heterocycles. The van der Waals surface area contributed by atoms with Crippen LogP contribution in [-0.4, -0.2) is 68.1 Å². The predicted molar refractivity (Wildman–Crippen MR) is 110 cm³/mol. The topological polar surface area (TPSA) is 54.9 Å². The SMILES string of the molecule is CCN(CC)CCN(C)C(=O)c1sc(-c2ccc(OC)c(OC)c2)nc1C. The summed E-state index contributed by atoms with van der Waals surface area (Å²) in [6.45, 7) is 9.69. The summed E-state index contributed by atoms with van der Waals surface area (Å²) in [6.07, 6.45) is 0. The molecule has 1 heterocycles. The van der Waals surface area contributed by atoms with Crippen LogP contribution < -0.4 is 9.47 Å². The van der Waals surface area contributed by atoms with Gasteiger partial charge in [0.1, 0.15) is 9.88 Å². The molecule has 148 valence electrons. The van der Waals surface area contributed by atoms with Crippen LogP contribution >= 0.6 is 11.3 Å². The minimum absolute atomic E-state index is 0.0175. The second-order valence-corrected chi connectivity index (χ2v) is 7.26. The number of carbonyl (C=O) groups is 1. The number of carbonyl (C=O) groups excluding carboxylic acids is 1. The Labute approximate surface area is 165 Å². The third kappa shape index (κ3) is 4.99. The zero-order valence-electron chi connectivity index (χ0n) is 17.0. The number of nitrogens with zero attached hydrogens (tertiary/aromatic N) is 3. The van der Waals surface area contributed by atoms with Gasteiger partial charge in [-0.2, -0.15) is 0 Å². The summed E-state index contributed by atoms with van der Waals surface area (Å²) in [7, 11) is 5.06. The highest BCUT2D eigenvalue weighted by Crippen LogP contribution is 2.35. The molecule has 7 heteroatoms. The highest BCUT2D eigenvalue weighted by atomic mass is 32.1. The van der Waals surface area contributed by atoms with E-state index in [2.05, 4.69) is 23.7 Å². The molecule has 0 radical (unpaired) electrons. The first-order chi connectivity index (χ1) is 12.9.